The fourth-order valence-electron chi connectivity index (χ4n) is 13.0. The van der Waals surface area contributed by atoms with Gasteiger partial charge in [-0.3, -0.25) is 14.4 Å². The summed E-state index contributed by atoms with van der Waals surface area (Å²) in [4.78, 5) is 80.6. The van der Waals surface area contributed by atoms with Gasteiger partial charge in [-0.25, -0.2) is 14.4 Å². The molecule has 14 heteroatoms. The average Bonchev–Trinajstić information content (AvgIpc) is 4.01. The van der Waals surface area contributed by atoms with Crippen LogP contribution in [0.4, 0.5) is 0 Å². The fourth-order valence-corrected chi connectivity index (χ4v) is 13.0. The average molecular weight is 733 g/mol. The van der Waals surface area contributed by atoms with Gasteiger partial charge in [-0.2, -0.15) is 0 Å². The first kappa shape index (κ1) is 33.4. The number of ether oxygens (including phenoxy) is 5. The normalized spacial score (nSPS) is 51.5. The number of carbonyl (C=O) groups is 6. The van der Waals surface area contributed by atoms with Gasteiger partial charge in [0.2, 0.25) is 5.78 Å². The quantitative estimate of drug-likeness (QED) is 0.181. The Hall–Kier alpha value is -4.14. The van der Waals surface area contributed by atoms with Crippen molar-refractivity contribution in [3.05, 3.63) is 45.6 Å². The van der Waals surface area contributed by atoms with Crippen molar-refractivity contribution in [3.8, 4) is 0 Å². The Morgan fingerprint density at radius 1 is 0.811 bits per heavy atom. The first-order valence-corrected chi connectivity index (χ1v) is 18.4. The van der Waals surface area contributed by atoms with Gasteiger partial charge < -0.3 is 39.0 Å². The van der Waals surface area contributed by atoms with Crippen molar-refractivity contribution in [2.24, 2.45) is 52.3 Å². The monoisotopic (exact) mass is 732 g/mol. The predicted octanol–water partition coefficient (Wildman–Crippen LogP) is 1.06. The van der Waals surface area contributed by atoms with Crippen LogP contribution in [0.3, 0.4) is 0 Å². The van der Waals surface area contributed by atoms with Crippen LogP contribution in [0, 0.1) is 52.3 Å². The summed E-state index contributed by atoms with van der Waals surface area (Å²) in [5.41, 5.74) is -6.83. The molecule has 10 aliphatic rings. The number of esters is 5. The maximum atomic E-state index is 14.5. The van der Waals surface area contributed by atoms with Gasteiger partial charge in [-0.1, -0.05) is 13.0 Å². The maximum Gasteiger partial charge on any atom is 0.338 e. The molecule has 0 amide bonds. The maximum absolute atomic E-state index is 14.5. The Bertz CT molecular complexity index is 2060. The van der Waals surface area contributed by atoms with Crippen LogP contribution in [0.25, 0.3) is 0 Å². The molecule has 0 saturated heterocycles. The van der Waals surface area contributed by atoms with Crippen molar-refractivity contribution in [3.63, 3.8) is 0 Å². The molecule has 6 fully saturated rings. The van der Waals surface area contributed by atoms with Gasteiger partial charge in [-0.15, -0.1) is 0 Å². The molecule has 280 valence electrons. The third-order valence-electron chi connectivity index (χ3n) is 15.4. The van der Waals surface area contributed by atoms with E-state index >= 15 is 0 Å². The van der Waals surface area contributed by atoms with Gasteiger partial charge in [-0.05, 0) is 85.8 Å². The standard InChI is InChI=1S/C39H40O14/c1-15-7-28(42)51-14-36(46)23-9-22(23)34(3)24(36)10-20-18(13-50-27(41)6-5-26(40)49-12-15)32(44)52-37(20)25(34)11-21-17-8-19(17)35(4)33(45)39(48)29(16(2)31(43)53-39)30(37)38(21,35)47/h7,11,17,19,22-25,30,46-48H,5-6,8-10,12-14H2,1-4H3/b15-7+/t17-,19+,22+,23-,24+,25-,30+,34-,35+,36-,37-,38+,39-/m0/s1. The second-order valence-corrected chi connectivity index (χ2v) is 17.5. The van der Waals surface area contributed by atoms with Gasteiger partial charge in [0.05, 0.1) is 29.7 Å². The fraction of sp³-hybridized carbons (Fsp3) is 0.641. The highest BCUT2D eigenvalue weighted by Gasteiger charge is 2.90. The number of fused-ring (bicyclic) bond motifs is 9. The molecule has 0 radical (unpaired) electrons. The minimum atomic E-state index is -2.73. The Morgan fingerprint density at radius 2 is 1.51 bits per heavy atom. The van der Waals surface area contributed by atoms with Crippen molar-refractivity contribution < 1.29 is 67.8 Å². The molecule has 0 unspecified atom stereocenters. The molecule has 7 aliphatic carbocycles. The molecule has 10 rings (SSSR count). The van der Waals surface area contributed by atoms with Crippen molar-refractivity contribution in [2.45, 2.75) is 82.4 Å². The van der Waals surface area contributed by atoms with Crippen LogP contribution >= 0.6 is 0 Å². The molecule has 14 nitrogen and oxygen atoms in total. The van der Waals surface area contributed by atoms with E-state index in [-0.39, 0.29) is 72.9 Å². The Labute approximate surface area is 303 Å². The summed E-state index contributed by atoms with van der Waals surface area (Å²) in [6.45, 7) is 5.47. The zero-order valence-corrected chi connectivity index (χ0v) is 29.7. The topological polar surface area (TPSA) is 209 Å². The Morgan fingerprint density at radius 3 is 2.23 bits per heavy atom. The number of aliphatic hydroxyl groups is 3. The van der Waals surface area contributed by atoms with E-state index in [0.29, 0.717) is 29.6 Å². The largest absolute Gasteiger partial charge is 0.461 e. The number of ketones is 1. The third kappa shape index (κ3) is 3.57. The van der Waals surface area contributed by atoms with E-state index in [0.717, 1.165) is 0 Å². The lowest BCUT2D eigenvalue weighted by Crippen LogP contribution is -2.77. The summed E-state index contributed by atoms with van der Waals surface area (Å²) in [7, 11) is 0. The minimum absolute atomic E-state index is 0.0132. The van der Waals surface area contributed by atoms with Crippen LogP contribution < -0.4 is 0 Å². The van der Waals surface area contributed by atoms with Crippen LogP contribution in [0.2, 0.25) is 0 Å². The summed E-state index contributed by atoms with van der Waals surface area (Å²) in [5, 5.41) is 38.3. The second kappa shape index (κ2) is 9.74. The van der Waals surface area contributed by atoms with E-state index in [1.807, 2.05) is 13.0 Å². The summed E-state index contributed by atoms with van der Waals surface area (Å²) in [6, 6.07) is 0. The molecule has 3 aliphatic heterocycles. The number of carbonyl (C=O) groups excluding carboxylic acids is 6. The zero-order chi connectivity index (χ0) is 37.6. The van der Waals surface area contributed by atoms with Crippen molar-refractivity contribution >= 4 is 35.6 Å². The lowest BCUT2D eigenvalue weighted by molar-refractivity contribution is -0.248. The van der Waals surface area contributed by atoms with E-state index < -0.39 is 93.4 Å². The summed E-state index contributed by atoms with van der Waals surface area (Å²) >= 11 is 0. The highest BCUT2D eigenvalue weighted by atomic mass is 16.7. The van der Waals surface area contributed by atoms with E-state index in [1.54, 1.807) is 13.8 Å². The van der Waals surface area contributed by atoms with Crippen LogP contribution in [-0.2, 0) is 52.5 Å². The lowest BCUT2D eigenvalue weighted by atomic mass is 9.39. The molecule has 3 heterocycles. The smallest absolute Gasteiger partial charge is 0.338 e. The molecule has 13 atom stereocenters. The molecule has 0 aromatic rings. The summed E-state index contributed by atoms with van der Waals surface area (Å²) in [5.74, 6) is -11.4. The molecule has 53 heavy (non-hydrogen) atoms. The van der Waals surface area contributed by atoms with Gasteiger partial charge in [0.1, 0.15) is 31.0 Å². The minimum Gasteiger partial charge on any atom is -0.461 e. The van der Waals surface area contributed by atoms with Crippen LogP contribution in [0.15, 0.2) is 45.6 Å². The van der Waals surface area contributed by atoms with Crippen molar-refractivity contribution in [1.82, 2.24) is 0 Å². The highest BCUT2D eigenvalue weighted by Crippen LogP contribution is 2.84. The number of hydrogen-bond donors (Lipinski definition) is 3. The van der Waals surface area contributed by atoms with Crippen LogP contribution in [0.5, 0.6) is 0 Å². The van der Waals surface area contributed by atoms with Crippen molar-refractivity contribution in [2.75, 3.05) is 19.8 Å². The van der Waals surface area contributed by atoms with Gasteiger partial charge in [0, 0.05) is 29.1 Å². The zero-order valence-electron chi connectivity index (χ0n) is 29.7. The van der Waals surface area contributed by atoms with Gasteiger partial charge in [0.25, 0.3) is 5.79 Å². The molecule has 0 aromatic carbocycles. The van der Waals surface area contributed by atoms with Crippen molar-refractivity contribution in [1.29, 1.82) is 0 Å². The highest BCUT2D eigenvalue weighted by molar-refractivity contribution is 6.07. The Balaban J connectivity index is 1.21. The summed E-state index contributed by atoms with van der Waals surface area (Å²) < 4.78 is 28.6. The number of Topliss-reactive ketones (excluding diaryl/α,β-unsaturated/α-hetero) is 1. The van der Waals surface area contributed by atoms with E-state index in [4.69, 9.17) is 23.7 Å². The molecule has 6 saturated carbocycles. The Kier molecular flexibility index (Phi) is 6.15. The van der Waals surface area contributed by atoms with E-state index in [1.165, 1.54) is 13.0 Å². The molecule has 3 N–H and O–H groups in total. The molecule has 0 aromatic heterocycles. The number of rotatable bonds is 0. The summed E-state index contributed by atoms with van der Waals surface area (Å²) in [6.07, 6.45) is 3.54. The number of hydrogen-bond acceptors (Lipinski definition) is 14. The second-order valence-electron chi connectivity index (χ2n) is 17.5. The first-order chi connectivity index (χ1) is 24.9. The first-order valence-electron chi connectivity index (χ1n) is 18.4. The molecular weight excluding hydrogens is 692 g/mol. The molecule has 2 bridgehead atoms. The predicted molar refractivity (Wildman–Crippen MR) is 173 cm³/mol. The lowest BCUT2D eigenvalue weighted by Gasteiger charge is -2.66. The van der Waals surface area contributed by atoms with E-state index in [2.05, 4.69) is 0 Å². The van der Waals surface area contributed by atoms with Gasteiger partial charge in [0.15, 0.2) is 5.60 Å². The number of cyclic esters (lactones) is 3. The van der Waals surface area contributed by atoms with E-state index in [9.17, 15) is 44.1 Å². The SMILES string of the molecule is CC1=C2[C@@H]3[C@]45OC(=O)C6=C4C[C@H]4[C@](O)(COC(=O)/C=C(\C)COC(=O)CCC(=O)OC6)[C@H]6C[C@H]6[C@]4(C)[C@@H]5C=C4[C@H]5C[C@H]5[C@](C)(C(=O)[C@@]2(O)OC1=O)[C@@]43O. The molecular formula is C39H40O14. The van der Waals surface area contributed by atoms with Crippen LogP contribution in [0.1, 0.15) is 59.8 Å². The third-order valence-corrected chi connectivity index (χ3v) is 15.4. The molecule has 1 spiro atoms. The van der Waals surface area contributed by atoms with Gasteiger partial charge >= 0.3 is 29.8 Å². The van der Waals surface area contributed by atoms with Crippen LogP contribution in [-0.4, -0.2) is 93.4 Å².